The lowest BCUT2D eigenvalue weighted by molar-refractivity contribution is 0.0777. The van der Waals surface area contributed by atoms with E-state index in [0.717, 1.165) is 35.9 Å². The average Bonchev–Trinajstić information content (AvgIpc) is 3.73. The summed E-state index contributed by atoms with van der Waals surface area (Å²) in [6.45, 7) is 2.11. The number of nitrogens with zero attached hydrogens (tertiary/aromatic N) is 5. The van der Waals surface area contributed by atoms with E-state index < -0.39 is 17.7 Å². The molecular weight excluding hydrogens is 526 g/mol. The lowest BCUT2D eigenvalue weighted by Gasteiger charge is -2.43. The molecular formula is C31H34F2N6O2. The molecule has 3 aromatic heterocycles. The molecule has 1 amide bonds. The van der Waals surface area contributed by atoms with Crippen molar-refractivity contribution < 1.29 is 18.3 Å². The van der Waals surface area contributed by atoms with Crippen molar-refractivity contribution in [1.82, 2.24) is 24.5 Å². The fourth-order valence-corrected chi connectivity index (χ4v) is 6.59. The topological polar surface area (TPSA) is 98.6 Å². The van der Waals surface area contributed by atoms with Crippen molar-refractivity contribution in [1.29, 1.82) is 0 Å². The Balaban J connectivity index is 1.28. The summed E-state index contributed by atoms with van der Waals surface area (Å²) < 4.78 is 36.7. The highest BCUT2D eigenvalue weighted by Gasteiger charge is 2.39. The molecule has 0 aliphatic heterocycles. The monoisotopic (exact) mass is 560 g/mol. The van der Waals surface area contributed by atoms with Crippen molar-refractivity contribution in [2.24, 2.45) is 11.7 Å². The molecule has 6 rings (SSSR count). The summed E-state index contributed by atoms with van der Waals surface area (Å²) in [6.07, 6.45) is 8.84. The molecule has 0 spiro atoms. The highest BCUT2D eigenvalue weighted by molar-refractivity contribution is 5.67. The van der Waals surface area contributed by atoms with Crippen LogP contribution in [0.15, 0.2) is 48.9 Å². The lowest BCUT2D eigenvalue weighted by Crippen LogP contribution is -2.55. The van der Waals surface area contributed by atoms with E-state index in [9.17, 15) is 4.79 Å². The number of ether oxygens (including phenoxy) is 1. The Kier molecular flexibility index (Phi) is 7.19. The minimum absolute atomic E-state index is 0.123. The van der Waals surface area contributed by atoms with Crippen LogP contribution in [0.5, 0.6) is 0 Å². The van der Waals surface area contributed by atoms with Crippen molar-refractivity contribution in [3.8, 4) is 11.3 Å². The summed E-state index contributed by atoms with van der Waals surface area (Å²) in [5.41, 5.74) is 10.3. The van der Waals surface area contributed by atoms with Gasteiger partial charge in [0.25, 0.3) is 0 Å². The van der Waals surface area contributed by atoms with Crippen molar-refractivity contribution in [2.45, 2.75) is 62.9 Å². The van der Waals surface area contributed by atoms with E-state index in [1.54, 1.807) is 41.0 Å². The van der Waals surface area contributed by atoms with E-state index in [0.29, 0.717) is 24.2 Å². The number of benzene rings is 1. The minimum Gasteiger partial charge on any atom is -0.453 e. The molecule has 3 heterocycles. The number of methoxy groups -OCH3 is 1. The van der Waals surface area contributed by atoms with Gasteiger partial charge in [-0.2, -0.15) is 5.10 Å². The number of amides is 1. The first-order valence-electron chi connectivity index (χ1n) is 14.1. The number of nitrogens with two attached hydrogens (primary N) is 1. The maximum Gasteiger partial charge on any atom is 0.409 e. The zero-order chi connectivity index (χ0) is 28.8. The number of carbonyl (C=O) groups excluding carboxylic acids is 1. The molecule has 4 aromatic rings. The summed E-state index contributed by atoms with van der Waals surface area (Å²) in [5, 5.41) is 4.62. The van der Waals surface area contributed by atoms with E-state index in [1.807, 2.05) is 12.3 Å². The minimum atomic E-state index is -0.603. The van der Waals surface area contributed by atoms with Gasteiger partial charge < -0.3 is 15.4 Å². The number of carbonyl (C=O) groups is 1. The van der Waals surface area contributed by atoms with Gasteiger partial charge >= 0.3 is 6.09 Å². The van der Waals surface area contributed by atoms with Crippen LogP contribution in [0.3, 0.4) is 0 Å². The maximum atomic E-state index is 15.1. The fourth-order valence-electron chi connectivity index (χ4n) is 6.59. The van der Waals surface area contributed by atoms with Crippen LogP contribution < -0.4 is 5.73 Å². The molecule has 0 radical (unpaired) electrons. The second kappa shape index (κ2) is 10.8. The maximum absolute atomic E-state index is 15.1. The Hall–Kier alpha value is -3.92. The molecule has 2 saturated carbocycles. The van der Waals surface area contributed by atoms with Gasteiger partial charge in [-0.3, -0.25) is 4.98 Å². The third-order valence-corrected chi connectivity index (χ3v) is 8.70. The predicted molar refractivity (Wildman–Crippen MR) is 150 cm³/mol. The van der Waals surface area contributed by atoms with Gasteiger partial charge in [0.05, 0.1) is 36.1 Å². The SMILES string of the molecule is COC(=O)N(C)[C@@H]1[C@H](N)C[C@H](c2ccncc2Cc2ncc3ccc(-c4c(F)cc(C5CC5)cc4F)nn23)C[C@@H]1C. The van der Waals surface area contributed by atoms with Gasteiger partial charge in [-0.15, -0.1) is 0 Å². The van der Waals surface area contributed by atoms with Crippen LogP contribution in [0.4, 0.5) is 13.6 Å². The number of likely N-dealkylation sites (N-methyl/N-ethyl adjacent to an activating group) is 1. The number of halogens is 2. The number of imidazole rings is 1. The molecule has 1 aromatic carbocycles. The molecule has 8 nitrogen and oxygen atoms in total. The predicted octanol–water partition coefficient (Wildman–Crippen LogP) is 5.45. The molecule has 10 heteroatoms. The number of pyridine rings is 1. The molecule has 2 aliphatic carbocycles. The molecule has 2 aliphatic rings. The summed E-state index contributed by atoms with van der Waals surface area (Å²) in [6, 6.07) is 7.94. The van der Waals surface area contributed by atoms with Crippen molar-refractivity contribution in [3.63, 3.8) is 0 Å². The Bertz CT molecular complexity index is 1570. The molecule has 41 heavy (non-hydrogen) atoms. The summed E-state index contributed by atoms with van der Waals surface area (Å²) >= 11 is 0. The van der Waals surface area contributed by atoms with E-state index in [4.69, 9.17) is 10.5 Å². The van der Waals surface area contributed by atoms with Crippen molar-refractivity contribution >= 4 is 11.6 Å². The largest absolute Gasteiger partial charge is 0.453 e. The van der Waals surface area contributed by atoms with E-state index in [1.165, 1.54) is 19.2 Å². The quantitative estimate of drug-likeness (QED) is 0.337. The lowest BCUT2D eigenvalue weighted by atomic mass is 9.72. The first kappa shape index (κ1) is 27.3. The van der Waals surface area contributed by atoms with Gasteiger partial charge in [0.1, 0.15) is 17.5 Å². The molecule has 214 valence electrons. The van der Waals surface area contributed by atoms with Gasteiger partial charge in [0.2, 0.25) is 0 Å². The molecule has 2 fully saturated rings. The van der Waals surface area contributed by atoms with Gasteiger partial charge in [0.15, 0.2) is 0 Å². The highest BCUT2D eigenvalue weighted by atomic mass is 19.1. The number of aromatic nitrogens is 4. The molecule has 4 atom stereocenters. The zero-order valence-corrected chi connectivity index (χ0v) is 23.4. The Morgan fingerprint density at radius 3 is 2.56 bits per heavy atom. The van der Waals surface area contributed by atoms with Gasteiger partial charge in [0, 0.05) is 31.9 Å². The van der Waals surface area contributed by atoms with E-state index >= 15 is 8.78 Å². The molecule has 2 N–H and O–H groups in total. The number of hydrogen-bond donors (Lipinski definition) is 1. The van der Waals surface area contributed by atoms with E-state index in [-0.39, 0.29) is 41.1 Å². The normalized spacial score (nSPS) is 22.6. The molecule has 0 saturated heterocycles. The summed E-state index contributed by atoms with van der Waals surface area (Å²) in [5.74, 6) is 0.00845. The van der Waals surface area contributed by atoms with Crippen LogP contribution in [-0.4, -0.2) is 56.8 Å². The van der Waals surface area contributed by atoms with Crippen LogP contribution in [0.1, 0.15) is 67.0 Å². The van der Waals surface area contributed by atoms with Crippen molar-refractivity contribution in [3.05, 3.63) is 83.1 Å². The average molecular weight is 561 g/mol. The molecule has 0 unspecified atom stereocenters. The van der Waals surface area contributed by atoms with Crippen LogP contribution in [0.25, 0.3) is 16.8 Å². The van der Waals surface area contributed by atoms with Gasteiger partial charge in [-0.1, -0.05) is 6.92 Å². The standard InChI is InChI=1S/C31H34F2N6O2/c1-17-10-20(13-26(34)30(17)38(2)31(40)41-3)23-8-9-35-15-21(23)14-28-36-16-22-6-7-27(37-39(22)28)29-24(32)11-19(12-25(29)33)18-4-5-18/h6-9,11-12,15-18,20,26,30H,4-5,10,13-14,34H2,1-3H3/t17-,20+,26+,30-/m0/s1. The van der Waals surface area contributed by atoms with Gasteiger partial charge in [-0.25, -0.2) is 23.1 Å². The number of fused-ring (bicyclic) bond motifs is 1. The first-order valence-corrected chi connectivity index (χ1v) is 14.1. The third-order valence-electron chi connectivity index (χ3n) is 8.70. The van der Waals surface area contributed by atoms with Crippen LogP contribution in [-0.2, 0) is 11.2 Å². The zero-order valence-electron chi connectivity index (χ0n) is 23.4. The Morgan fingerprint density at radius 2 is 1.88 bits per heavy atom. The second-order valence-corrected chi connectivity index (χ2v) is 11.5. The van der Waals surface area contributed by atoms with Crippen LogP contribution in [0, 0.1) is 17.6 Å². The smallest absolute Gasteiger partial charge is 0.409 e. The van der Waals surface area contributed by atoms with E-state index in [2.05, 4.69) is 22.0 Å². The van der Waals surface area contributed by atoms with Crippen LogP contribution in [0.2, 0.25) is 0 Å². The highest BCUT2D eigenvalue weighted by Crippen LogP contribution is 2.42. The summed E-state index contributed by atoms with van der Waals surface area (Å²) in [7, 11) is 3.10. The summed E-state index contributed by atoms with van der Waals surface area (Å²) in [4.78, 5) is 22.7. The van der Waals surface area contributed by atoms with Crippen LogP contribution >= 0.6 is 0 Å². The van der Waals surface area contributed by atoms with Crippen molar-refractivity contribution in [2.75, 3.05) is 14.2 Å². The Morgan fingerprint density at radius 1 is 1.12 bits per heavy atom. The number of rotatable bonds is 6. The fraction of sp³-hybridized carbons (Fsp3) is 0.419. The first-order chi connectivity index (χ1) is 19.7. The molecule has 0 bridgehead atoms. The second-order valence-electron chi connectivity index (χ2n) is 11.5. The number of hydrogen-bond acceptors (Lipinski definition) is 6. The Labute approximate surface area is 237 Å². The third kappa shape index (κ3) is 5.16. The van der Waals surface area contributed by atoms with Gasteiger partial charge in [-0.05, 0) is 90.5 Å².